The molecule has 0 fully saturated rings. The van der Waals surface area contributed by atoms with Crippen molar-refractivity contribution in [3.8, 4) is 16.9 Å². The van der Waals surface area contributed by atoms with Gasteiger partial charge in [0.15, 0.2) is 0 Å². The Bertz CT molecular complexity index is 727. The Labute approximate surface area is 143 Å². The van der Waals surface area contributed by atoms with Crippen LogP contribution in [0.15, 0.2) is 30.3 Å². The Morgan fingerprint density at radius 1 is 1.00 bits per heavy atom. The van der Waals surface area contributed by atoms with Crippen LogP contribution in [0.2, 0.25) is 0 Å². The van der Waals surface area contributed by atoms with E-state index in [2.05, 4.69) is 13.8 Å². The summed E-state index contributed by atoms with van der Waals surface area (Å²) in [4.78, 5) is 0. The van der Waals surface area contributed by atoms with Gasteiger partial charge in [-0.3, -0.25) is 0 Å². The van der Waals surface area contributed by atoms with Crippen LogP contribution in [0, 0.1) is 17.6 Å². The molecule has 0 aliphatic carbocycles. The first-order valence-corrected chi connectivity index (χ1v) is 8.31. The van der Waals surface area contributed by atoms with Crippen molar-refractivity contribution in [3.63, 3.8) is 0 Å². The first-order chi connectivity index (χ1) is 11.1. The van der Waals surface area contributed by atoms with Crippen LogP contribution in [0.4, 0.5) is 8.78 Å². The van der Waals surface area contributed by atoms with Gasteiger partial charge in [-0.25, -0.2) is 8.78 Å². The van der Waals surface area contributed by atoms with Crippen molar-refractivity contribution in [2.45, 2.75) is 46.5 Å². The van der Waals surface area contributed by atoms with Gasteiger partial charge in [-0.2, -0.15) is 0 Å². The van der Waals surface area contributed by atoms with Gasteiger partial charge >= 0.3 is 0 Å². The summed E-state index contributed by atoms with van der Waals surface area (Å²) in [6.45, 7) is 9.97. The van der Waals surface area contributed by atoms with Crippen LogP contribution in [0.3, 0.4) is 0 Å². The highest BCUT2D eigenvalue weighted by molar-refractivity contribution is 5.71. The normalized spacial score (nSPS) is 11.9. The Balaban J connectivity index is 2.73. The first-order valence-electron chi connectivity index (χ1n) is 8.31. The molecule has 2 aromatic carbocycles. The van der Waals surface area contributed by atoms with Crippen molar-refractivity contribution < 1.29 is 13.5 Å². The monoisotopic (exact) mass is 332 g/mol. The minimum Gasteiger partial charge on any atom is -0.497 e. The molecule has 0 saturated carbocycles. The molecule has 2 rings (SSSR count). The molecular weight excluding hydrogens is 306 g/mol. The SMILES string of the molecule is COc1ccc(F)c(-c2ccc(CC(C)C)c(F)c2C(C)(C)C)c1. The van der Waals surface area contributed by atoms with E-state index >= 15 is 4.39 Å². The van der Waals surface area contributed by atoms with E-state index in [1.165, 1.54) is 13.2 Å². The number of methoxy groups -OCH3 is 1. The molecule has 0 unspecified atom stereocenters. The fraction of sp³-hybridized carbons (Fsp3) is 0.429. The molecule has 0 atom stereocenters. The molecule has 0 bridgehead atoms. The van der Waals surface area contributed by atoms with E-state index in [0.717, 1.165) is 0 Å². The van der Waals surface area contributed by atoms with Crippen LogP contribution >= 0.6 is 0 Å². The molecule has 0 saturated heterocycles. The van der Waals surface area contributed by atoms with Gasteiger partial charge < -0.3 is 4.74 Å². The standard InChI is InChI=1S/C21H26F2O/c1-13(2)11-14-7-9-16(19(20(14)23)21(3,4)5)17-12-15(24-6)8-10-18(17)22/h7-10,12-13H,11H2,1-6H3. The molecule has 0 aromatic heterocycles. The smallest absolute Gasteiger partial charge is 0.131 e. The Morgan fingerprint density at radius 2 is 1.67 bits per heavy atom. The quantitative estimate of drug-likeness (QED) is 0.654. The van der Waals surface area contributed by atoms with E-state index < -0.39 is 5.41 Å². The van der Waals surface area contributed by atoms with E-state index in [-0.39, 0.29) is 11.6 Å². The van der Waals surface area contributed by atoms with E-state index in [9.17, 15) is 4.39 Å². The molecule has 1 nitrogen and oxygen atoms in total. The van der Waals surface area contributed by atoms with Crippen molar-refractivity contribution in [2.75, 3.05) is 7.11 Å². The molecule has 0 aliphatic heterocycles. The van der Waals surface area contributed by atoms with Crippen LogP contribution in [-0.4, -0.2) is 7.11 Å². The Kier molecular flexibility index (Phi) is 5.32. The molecule has 130 valence electrons. The molecule has 0 N–H and O–H groups in total. The van der Waals surface area contributed by atoms with Gasteiger partial charge in [0.1, 0.15) is 17.4 Å². The predicted molar refractivity (Wildman–Crippen MR) is 95.6 cm³/mol. The maximum atomic E-state index is 15.2. The summed E-state index contributed by atoms with van der Waals surface area (Å²) in [5.74, 6) is 0.304. The molecule has 24 heavy (non-hydrogen) atoms. The molecular formula is C21H26F2O. The topological polar surface area (TPSA) is 9.23 Å². The summed E-state index contributed by atoms with van der Waals surface area (Å²) < 4.78 is 34.9. The van der Waals surface area contributed by atoms with Crippen LogP contribution in [0.1, 0.15) is 45.7 Å². The second-order valence-electron chi connectivity index (χ2n) is 7.65. The van der Waals surface area contributed by atoms with Crippen molar-refractivity contribution >= 4 is 0 Å². The second kappa shape index (κ2) is 6.92. The summed E-state index contributed by atoms with van der Waals surface area (Å²) in [6, 6.07) is 8.17. The zero-order valence-corrected chi connectivity index (χ0v) is 15.3. The van der Waals surface area contributed by atoms with Gasteiger partial charge in [0.2, 0.25) is 0 Å². The van der Waals surface area contributed by atoms with E-state index in [1.807, 2.05) is 26.8 Å². The molecule has 3 heteroatoms. The maximum Gasteiger partial charge on any atom is 0.131 e. The largest absolute Gasteiger partial charge is 0.497 e. The van der Waals surface area contributed by atoms with Crippen LogP contribution in [0.5, 0.6) is 5.75 Å². The summed E-state index contributed by atoms with van der Waals surface area (Å²) in [6.07, 6.45) is 0.662. The number of ether oxygens (including phenoxy) is 1. The fourth-order valence-electron chi connectivity index (χ4n) is 3.01. The molecule has 2 aromatic rings. The summed E-state index contributed by atoms with van der Waals surface area (Å²) in [5, 5.41) is 0. The molecule has 0 amide bonds. The highest BCUT2D eigenvalue weighted by atomic mass is 19.1. The Morgan fingerprint density at radius 3 is 2.21 bits per heavy atom. The van der Waals surface area contributed by atoms with E-state index in [0.29, 0.717) is 40.3 Å². The molecule has 0 heterocycles. The summed E-state index contributed by atoms with van der Waals surface area (Å²) >= 11 is 0. The van der Waals surface area contributed by atoms with Crippen molar-refractivity contribution in [3.05, 3.63) is 53.1 Å². The molecule has 0 radical (unpaired) electrons. The lowest BCUT2D eigenvalue weighted by atomic mass is 9.79. The van der Waals surface area contributed by atoms with E-state index in [1.54, 1.807) is 18.2 Å². The summed E-state index contributed by atoms with van der Waals surface area (Å²) in [5.41, 5.74) is 1.75. The molecule has 0 aliphatic rings. The number of benzene rings is 2. The van der Waals surface area contributed by atoms with Crippen molar-refractivity contribution in [1.29, 1.82) is 0 Å². The predicted octanol–water partition coefficient (Wildman–Crippen LogP) is 6.14. The van der Waals surface area contributed by atoms with Crippen LogP contribution in [-0.2, 0) is 11.8 Å². The highest BCUT2D eigenvalue weighted by Crippen LogP contribution is 2.39. The Hall–Kier alpha value is -1.90. The van der Waals surface area contributed by atoms with Crippen molar-refractivity contribution in [1.82, 2.24) is 0 Å². The lowest BCUT2D eigenvalue weighted by Crippen LogP contribution is -2.17. The third-order valence-corrected chi connectivity index (χ3v) is 4.06. The minimum atomic E-state index is -0.443. The third-order valence-electron chi connectivity index (χ3n) is 4.06. The lowest BCUT2D eigenvalue weighted by Gasteiger charge is -2.26. The number of hydrogen-bond donors (Lipinski definition) is 0. The highest BCUT2D eigenvalue weighted by Gasteiger charge is 2.26. The van der Waals surface area contributed by atoms with Crippen molar-refractivity contribution in [2.24, 2.45) is 5.92 Å². The average Bonchev–Trinajstić information content (AvgIpc) is 2.48. The molecule has 0 spiro atoms. The minimum absolute atomic E-state index is 0.226. The fourth-order valence-corrected chi connectivity index (χ4v) is 3.01. The van der Waals surface area contributed by atoms with Gasteiger partial charge in [0.25, 0.3) is 0 Å². The zero-order valence-electron chi connectivity index (χ0n) is 15.3. The third kappa shape index (κ3) is 3.77. The first kappa shape index (κ1) is 18.4. The maximum absolute atomic E-state index is 15.2. The number of rotatable bonds is 4. The van der Waals surface area contributed by atoms with E-state index in [4.69, 9.17) is 4.74 Å². The van der Waals surface area contributed by atoms with Gasteiger partial charge in [0, 0.05) is 11.1 Å². The second-order valence-corrected chi connectivity index (χ2v) is 7.65. The van der Waals surface area contributed by atoms with Gasteiger partial charge in [-0.15, -0.1) is 0 Å². The lowest BCUT2D eigenvalue weighted by molar-refractivity contribution is 0.414. The summed E-state index contributed by atoms with van der Waals surface area (Å²) in [7, 11) is 1.54. The number of hydrogen-bond acceptors (Lipinski definition) is 1. The van der Waals surface area contributed by atoms with Gasteiger partial charge in [-0.1, -0.05) is 46.8 Å². The van der Waals surface area contributed by atoms with Crippen LogP contribution < -0.4 is 4.74 Å². The zero-order chi connectivity index (χ0) is 18.1. The van der Waals surface area contributed by atoms with Crippen LogP contribution in [0.25, 0.3) is 11.1 Å². The number of halogens is 2. The van der Waals surface area contributed by atoms with Gasteiger partial charge in [0.05, 0.1) is 7.11 Å². The average molecular weight is 332 g/mol. The van der Waals surface area contributed by atoms with Gasteiger partial charge in [-0.05, 0) is 47.1 Å².